The first-order valence-corrected chi connectivity index (χ1v) is 9.87. The number of hydrogen-bond acceptors (Lipinski definition) is 2. The molecule has 1 unspecified atom stereocenters. The maximum atomic E-state index is 12.7. The highest BCUT2D eigenvalue weighted by molar-refractivity contribution is 5.95. The Balaban J connectivity index is 1.43. The summed E-state index contributed by atoms with van der Waals surface area (Å²) in [4.78, 5) is 15.4. The van der Waals surface area contributed by atoms with E-state index in [0.717, 1.165) is 30.5 Å². The number of aryl methyl sites for hydroxylation is 1. The van der Waals surface area contributed by atoms with Crippen molar-refractivity contribution in [2.45, 2.75) is 63.7 Å². The molecule has 0 aromatic heterocycles. The predicted molar refractivity (Wildman–Crippen MR) is 105 cm³/mol. The Labute approximate surface area is 156 Å². The fourth-order valence-electron chi connectivity index (χ4n) is 4.74. The molecule has 136 valence electrons. The van der Waals surface area contributed by atoms with Crippen LogP contribution in [0.15, 0.2) is 54.6 Å². The zero-order chi connectivity index (χ0) is 17.9. The number of fused-ring (bicyclic) bond motifs is 2. The van der Waals surface area contributed by atoms with Crippen LogP contribution >= 0.6 is 0 Å². The lowest BCUT2D eigenvalue weighted by Crippen LogP contribution is -2.56. The summed E-state index contributed by atoms with van der Waals surface area (Å²) in [5.74, 6) is 0.0858. The van der Waals surface area contributed by atoms with Crippen molar-refractivity contribution in [2.24, 2.45) is 0 Å². The molecule has 2 saturated heterocycles. The second kappa shape index (κ2) is 7.63. The SMILES string of the molecule is Cc1ccccc1C(=O)NC1C[C@H]2CCC[C@@H](C1)N2Cc1ccccc1. The van der Waals surface area contributed by atoms with E-state index in [4.69, 9.17) is 0 Å². The van der Waals surface area contributed by atoms with Crippen molar-refractivity contribution in [1.82, 2.24) is 10.2 Å². The van der Waals surface area contributed by atoms with E-state index in [1.807, 2.05) is 31.2 Å². The molecule has 0 saturated carbocycles. The number of benzene rings is 2. The number of hydrogen-bond donors (Lipinski definition) is 1. The van der Waals surface area contributed by atoms with Crippen molar-refractivity contribution in [3.05, 3.63) is 71.3 Å². The van der Waals surface area contributed by atoms with Crippen molar-refractivity contribution < 1.29 is 4.79 Å². The third-order valence-corrected chi connectivity index (χ3v) is 6.06. The van der Waals surface area contributed by atoms with Gasteiger partial charge in [0, 0.05) is 30.2 Å². The molecule has 2 bridgehead atoms. The van der Waals surface area contributed by atoms with Crippen molar-refractivity contribution in [3.63, 3.8) is 0 Å². The molecule has 3 nitrogen and oxygen atoms in total. The molecule has 4 rings (SSSR count). The standard InChI is InChI=1S/C23H28N2O/c1-17-8-5-6-13-22(17)23(26)24-19-14-20-11-7-12-21(15-19)25(20)16-18-9-3-2-4-10-18/h2-6,8-10,13,19-21H,7,11-12,14-16H2,1H3,(H,24,26)/t19?,20-,21+. The first-order chi connectivity index (χ1) is 12.7. The summed E-state index contributed by atoms with van der Waals surface area (Å²) in [6, 6.07) is 20.1. The van der Waals surface area contributed by atoms with E-state index in [9.17, 15) is 4.79 Å². The third kappa shape index (κ3) is 3.68. The largest absolute Gasteiger partial charge is 0.349 e. The molecule has 0 aliphatic carbocycles. The average Bonchev–Trinajstić information content (AvgIpc) is 2.63. The van der Waals surface area contributed by atoms with Gasteiger partial charge < -0.3 is 5.32 Å². The average molecular weight is 348 g/mol. The summed E-state index contributed by atoms with van der Waals surface area (Å²) in [7, 11) is 0. The Morgan fingerprint density at radius 2 is 1.65 bits per heavy atom. The van der Waals surface area contributed by atoms with Crippen molar-refractivity contribution >= 4 is 5.91 Å². The maximum Gasteiger partial charge on any atom is 0.251 e. The summed E-state index contributed by atoms with van der Waals surface area (Å²) in [5, 5.41) is 3.32. The summed E-state index contributed by atoms with van der Waals surface area (Å²) >= 11 is 0. The highest BCUT2D eigenvalue weighted by atomic mass is 16.1. The first-order valence-electron chi connectivity index (χ1n) is 9.87. The molecule has 1 N–H and O–H groups in total. The lowest BCUT2D eigenvalue weighted by Gasteiger charge is -2.49. The fraction of sp³-hybridized carbons (Fsp3) is 0.435. The van der Waals surface area contributed by atoms with Gasteiger partial charge in [-0.1, -0.05) is 55.0 Å². The Morgan fingerprint density at radius 1 is 1.00 bits per heavy atom. The molecular weight excluding hydrogens is 320 g/mol. The van der Waals surface area contributed by atoms with Gasteiger partial charge in [0.15, 0.2) is 0 Å². The lowest BCUT2D eigenvalue weighted by molar-refractivity contribution is 0.0177. The molecule has 1 amide bonds. The minimum Gasteiger partial charge on any atom is -0.349 e. The Kier molecular flexibility index (Phi) is 5.07. The number of nitrogens with one attached hydrogen (secondary N) is 1. The van der Waals surface area contributed by atoms with Crippen LogP contribution in [0.3, 0.4) is 0 Å². The molecule has 0 spiro atoms. The van der Waals surface area contributed by atoms with Crippen LogP contribution in [-0.2, 0) is 6.54 Å². The van der Waals surface area contributed by atoms with Gasteiger partial charge in [-0.3, -0.25) is 9.69 Å². The van der Waals surface area contributed by atoms with Gasteiger partial charge in [-0.25, -0.2) is 0 Å². The molecule has 2 fully saturated rings. The second-order valence-corrected chi connectivity index (χ2v) is 7.85. The normalized spacial score (nSPS) is 25.7. The Bertz CT molecular complexity index is 744. The number of carbonyl (C=O) groups is 1. The van der Waals surface area contributed by atoms with Crippen molar-refractivity contribution in [3.8, 4) is 0 Å². The number of amides is 1. The second-order valence-electron chi connectivity index (χ2n) is 7.85. The summed E-state index contributed by atoms with van der Waals surface area (Å²) in [6.45, 7) is 3.04. The molecule has 2 heterocycles. The van der Waals surface area contributed by atoms with E-state index in [2.05, 4.69) is 40.5 Å². The van der Waals surface area contributed by atoms with Crippen LogP contribution in [0.2, 0.25) is 0 Å². The monoisotopic (exact) mass is 348 g/mol. The van der Waals surface area contributed by atoms with E-state index < -0.39 is 0 Å². The molecule has 0 radical (unpaired) electrons. The molecule has 3 heteroatoms. The van der Waals surface area contributed by atoms with E-state index in [-0.39, 0.29) is 5.91 Å². The topological polar surface area (TPSA) is 32.3 Å². The molecule has 26 heavy (non-hydrogen) atoms. The zero-order valence-corrected chi connectivity index (χ0v) is 15.5. The van der Waals surface area contributed by atoms with Gasteiger partial charge in [0.25, 0.3) is 5.91 Å². The van der Waals surface area contributed by atoms with Gasteiger partial charge in [0.05, 0.1) is 0 Å². The minimum absolute atomic E-state index is 0.0858. The highest BCUT2D eigenvalue weighted by Gasteiger charge is 2.38. The molecule has 2 aromatic carbocycles. The van der Waals surface area contributed by atoms with Crippen LogP contribution in [0.5, 0.6) is 0 Å². The smallest absolute Gasteiger partial charge is 0.251 e. The first kappa shape index (κ1) is 17.3. The van der Waals surface area contributed by atoms with Gasteiger partial charge >= 0.3 is 0 Å². The van der Waals surface area contributed by atoms with Gasteiger partial charge in [-0.2, -0.15) is 0 Å². The summed E-state index contributed by atoms with van der Waals surface area (Å²) in [5.41, 5.74) is 3.25. The number of nitrogens with zero attached hydrogens (tertiary/aromatic N) is 1. The van der Waals surface area contributed by atoms with Gasteiger partial charge in [-0.15, -0.1) is 0 Å². The molecule has 2 aliphatic heterocycles. The molecule has 3 atom stereocenters. The number of rotatable bonds is 4. The van der Waals surface area contributed by atoms with E-state index in [0.29, 0.717) is 18.1 Å². The van der Waals surface area contributed by atoms with Crippen molar-refractivity contribution in [1.29, 1.82) is 0 Å². The quantitative estimate of drug-likeness (QED) is 0.893. The minimum atomic E-state index is 0.0858. The maximum absolute atomic E-state index is 12.7. The fourth-order valence-corrected chi connectivity index (χ4v) is 4.74. The molecule has 2 aliphatic rings. The van der Waals surface area contributed by atoms with Crippen molar-refractivity contribution in [2.75, 3.05) is 0 Å². The molecular formula is C23H28N2O. The van der Waals surface area contributed by atoms with E-state index in [1.165, 1.54) is 24.8 Å². The number of carbonyl (C=O) groups excluding carboxylic acids is 1. The van der Waals surface area contributed by atoms with Gasteiger partial charge in [-0.05, 0) is 49.8 Å². The van der Waals surface area contributed by atoms with Crippen LogP contribution in [0, 0.1) is 6.92 Å². The Morgan fingerprint density at radius 3 is 2.35 bits per heavy atom. The van der Waals surface area contributed by atoms with E-state index >= 15 is 0 Å². The lowest BCUT2D eigenvalue weighted by atomic mass is 9.81. The Hall–Kier alpha value is -2.13. The van der Waals surface area contributed by atoms with Gasteiger partial charge in [0.2, 0.25) is 0 Å². The summed E-state index contributed by atoms with van der Waals surface area (Å²) < 4.78 is 0. The molecule has 2 aromatic rings. The summed E-state index contributed by atoms with van der Waals surface area (Å²) in [6.07, 6.45) is 5.96. The predicted octanol–water partition coefficient (Wildman–Crippen LogP) is 4.31. The van der Waals surface area contributed by atoms with Crippen LogP contribution in [0.4, 0.5) is 0 Å². The van der Waals surface area contributed by atoms with Crippen LogP contribution in [0.1, 0.15) is 53.6 Å². The highest BCUT2D eigenvalue weighted by Crippen LogP contribution is 2.35. The van der Waals surface area contributed by atoms with Crippen LogP contribution in [0.25, 0.3) is 0 Å². The van der Waals surface area contributed by atoms with Crippen LogP contribution < -0.4 is 5.32 Å². The zero-order valence-electron chi connectivity index (χ0n) is 15.5. The van der Waals surface area contributed by atoms with Crippen LogP contribution in [-0.4, -0.2) is 28.9 Å². The number of piperidine rings is 2. The third-order valence-electron chi connectivity index (χ3n) is 6.06. The van der Waals surface area contributed by atoms with E-state index in [1.54, 1.807) is 0 Å². The van der Waals surface area contributed by atoms with Gasteiger partial charge in [0.1, 0.15) is 0 Å².